The van der Waals surface area contributed by atoms with Crippen molar-refractivity contribution in [2.24, 2.45) is 5.92 Å². The average Bonchev–Trinajstić information content (AvgIpc) is 2.12. The number of aliphatic hydroxyl groups is 1. The van der Waals surface area contributed by atoms with Gasteiger partial charge < -0.3 is 19.3 Å². The van der Waals surface area contributed by atoms with E-state index < -0.39 is 6.10 Å². The highest BCUT2D eigenvalue weighted by atomic mass is 16.6. The second kappa shape index (κ2) is 4.91. The van der Waals surface area contributed by atoms with Crippen LogP contribution in [0.5, 0.6) is 0 Å². The summed E-state index contributed by atoms with van der Waals surface area (Å²) in [6.45, 7) is 2.97. The lowest BCUT2D eigenvalue weighted by Crippen LogP contribution is -2.51. The van der Waals surface area contributed by atoms with Gasteiger partial charge in [0.05, 0.1) is 19.3 Å². The standard InChI is InChI=1S/C9H18O4/c1-6-4-13-7(5-11-2)9(12-3)8(6)10/h6-10H,4-5H2,1-3H3/t6-,7-,8+,9+/m1/s1. The highest BCUT2D eigenvalue weighted by Crippen LogP contribution is 2.22. The number of hydrogen-bond acceptors (Lipinski definition) is 4. The molecule has 0 aromatic carbocycles. The highest BCUT2D eigenvalue weighted by molar-refractivity contribution is 4.85. The summed E-state index contributed by atoms with van der Waals surface area (Å²) in [5, 5.41) is 9.77. The molecule has 1 fully saturated rings. The topological polar surface area (TPSA) is 47.9 Å². The van der Waals surface area contributed by atoms with E-state index in [2.05, 4.69) is 0 Å². The van der Waals surface area contributed by atoms with Crippen LogP contribution >= 0.6 is 0 Å². The number of aliphatic hydroxyl groups excluding tert-OH is 1. The van der Waals surface area contributed by atoms with Crippen molar-refractivity contribution in [2.75, 3.05) is 27.4 Å². The Hall–Kier alpha value is -0.160. The molecule has 0 bridgehead atoms. The molecular weight excluding hydrogens is 172 g/mol. The molecule has 4 nitrogen and oxygen atoms in total. The lowest BCUT2D eigenvalue weighted by Gasteiger charge is -2.37. The Labute approximate surface area is 78.8 Å². The monoisotopic (exact) mass is 190 g/mol. The van der Waals surface area contributed by atoms with Gasteiger partial charge in [0, 0.05) is 20.1 Å². The van der Waals surface area contributed by atoms with Crippen molar-refractivity contribution >= 4 is 0 Å². The van der Waals surface area contributed by atoms with E-state index in [-0.39, 0.29) is 18.1 Å². The van der Waals surface area contributed by atoms with Crippen LogP contribution in [0.25, 0.3) is 0 Å². The number of rotatable bonds is 3. The summed E-state index contributed by atoms with van der Waals surface area (Å²) < 4.78 is 15.7. The fourth-order valence-corrected chi connectivity index (χ4v) is 1.61. The van der Waals surface area contributed by atoms with Crippen molar-refractivity contribution in [3.8, 4) is 0 Å². The first-order chi connectivity index (χ1) is 6.20. The quantitative estimate of drug-likeness (QED) is 0.683. The van der Waals surface area contributed by atoms with Gasteiger partial charge in [-0.1, -0.05) is 6.92 Å². The number of ether oxygens (including phenoxy) is 3. The molecule has 4 heteroatoms. The second-order valence-corrected chi connectivity index (χ2v) is 3.50. The molecule has 0 aromatic rings. The Morgan fingerprint density at radius 1 is 1.46 bits per heavy atom. The summed E-state index contributed by atoms with van der Waals surface area (Å²) >= 11 is 0. The second-order valence-electron chi connectivity index (χ2n) is 3.50. The molecule has 0 aliphatic carbocycles. The molecule has 0 amide bonds. The molecule has 1 rings (SSSR count). The van der Waals surface area contributed by atoms with E-state index in [9.17, 15) is 5.11 Å². The van der Waals surface area contributed by atoms with Gasteiger partial charge in [-0.05, 0) is 0 Å². The van der Waals surface area contributed by atoms with Gasteiger partial charge in [0.15, 0.2) is 0 Å². The first kappa shape index (κ1) is 10.9. The van der Waals surface area contributed by atoms with Gasteiger partial charge in [-0.15, -0.1) is 0 Å². The summed E-state index contributed by atoms with van der Waals surface area (Å²) in [5.74, 6) is 0.123. The van der Waals surface area contributed by atoms with Crippen LogP contribution < -0.4 is 0 Å². The first-order valence-corrected chi connectivity index (χ1v) is 4.52. The van der Waals surface area contributed by atoms with E-state index in [1.54, 1.807) is 14.2 Å². The van der Waals surface area contributed by atoms with Gasteiger partial charge in [0.2, 0.25) is 0 Å². The van der Waals surface area contributed by atoms with Gasteiger partial charge in [0.25, 0.3) is 0 Å². The maximum Gasteiger partial charge on any atom is 0.112 e. The van der Waals surface area contributed by atoms with Crippen LogP contribution in [0.3, 0.4) is 0 Å². The zero-order valence-corrected chi connectivity index (χ0v) is 8.40. The molecule has 1 heterocycles. The molecule has 13 heavy (non-hydrogen) atoms. The van der Waals surface area contributed by atoms with E-state index >= 15 is 0 Å². The number of methoxy groups -OCH3 is 2. The maximum atomic E-state index is 9.77. The van der Waals surface area contributed by atoms with Crippen molar-refractivity contribution in [3.05, 3.63) is 0 Å². The predicted molar refractivity (Wildman–Crippen MR) is 47.6 cm³/mol. The van der Waals surface area contributed by atoms with E-state index in [0.29, 0.717) is 13.2 Å². The molecular formula is C9H18O4. The van der Waals surface area contributed by atoms with Gasteiger partial charge in [-0.25, -0.2) is 0 Å². The van der Waals surface area contributed by atoms with E-state index in [1.807, 2.05) is 6.92 Å². The molecule has 0 aromatic heterocycles. The van der Waals surface area contributed by atoms with E-state index in [0.717, 1.165) is 0 Å². The molecule has 1 aliphatic rings. The van der Waals surface area contributed by atoms with Crippen molar-refractivity contribution in [2.45, 2.75) is 25.2 Å². The van der Waals surface area contributed by atoms with Gasteiger partial charge in [-0.2, -0.15) is 0 Å². The lowest BCUT2D eigenvalue weighted by molar-refractivity contribution is -0.184. The van der Waals surface area contributed by atoms with Crippen LogP contribution in [-0.2, 0) is 14.2 Å². The molecule has 0 unspecified atom stereocenters. The molecule has 1 aliphatic heterocycles. The predicted octanol–water partition coefficient (Wildman–Crippen LogP) is 0.0436. The van der Waals surface area contributed by atoms with Crippen LogP contribution in [0.15, 0.2) is 0 Å². The van der Waals surface area contributed by atoms with Crippen molar-refractivity contribution in [3.63, 3.8) is 0 Å². The smallest absolute Gasteiger partial charge is 0.112 e. The number of hydrogen-bond donors (Lipinski definition) is 1. The Kier molecular flexibility index (Phi) is 4.12. The fourth-order valence-electron chi connectivity index (χ4n) is 1.61. The fraction of sp³-hybridized carbons (Fsp3) is 1.00. The van der Waals surface area contributed by atoms with Crippen molar-refractivity contribution in [1.82, 2.24) is 0 Å². The van der Waals surface area contributed by atoms with E-state index in [4.69, 9.17) is 14.2 Å². The third-order valence-corrected chi connectivity index (χ3v) is 2.46. The molecule has 0 spiro atoms. The third-order valence-electron chi connectivity index (χ3n) is 2.46. The third kappa shape index (κ3) is 2.40. The van der Waals surface area contributed by atoms with Gasteiger partial charge in [-0.3, -0.25) is 0 Å². The summed E-state index contributed by atoms with van der Waals surface area (Å²) in [6, 6.07) is 0. The maximum absolute atomic E-state index is 9.77. The molecule has 1 N–H and O–H groups in total. The highest BCUT2D eigenvalue weighted by Gasteiger charge is 2.37. The molecule has 0 radical (unpaired) electrons. The average molecular weight is 190 g/mol. The Bertz CT molecular complexity index is 151. The normalized spacial score (nSPS) is 40.6. The van der Waals surface area contributed by atoms with Crippen molar-refractivity contribution < 1.29 is 19.3 Å². The lowest BCUT2D eigenvalue weighted by atomic mass is 9.94. The minimum absolute atomic E-state index is 0.123. The zero-order chi connectivity index (χ0) is 9.84. The molecule has 78 valence electrons. The first-order valence-electron chi connectivity index (χ1n) is 4.52. The Morgan fingerprint density at radius 2 is 2.15 bits per heavy atom. The van der Waals surface area contributed by atoms with Crippen LogP contribution in [0.1, 0.15) is 6.92 Å². The summed E-state index contributed by atoms with van der Waals surface area (Å²) in [4.78, 5) is 0. The summed E-state index contributed by atoms with van der Waals surface area (Å²) in [5.41, 5.74) is 0. The van der Waals surface area contributed by atoms with Crippen LogP contribution in [0.2, 0.25) is 0 Å². The molecule has 1 saturated heterocycles. The van der Waals surface area contributed by atoms with Crippen LogP contribution in [0, 0.1) is 5.92 Å². The largest absolute Gasteiger partial charge is 0.390 e. The van der Waals surface area contributed by atoms with E-state index in [1.165, 1.54) is 0 Å². The molecule has 4 atom stereocenters. The summed E-state index contributed by atoms with van der Waals surface area (Å²) in [6.07, 6.45) is -0.885. The van der Waals surface area contributed by atoms with Crippen molar-refractivity contribution in [1.29, 1.82) is 0 Å². The Morgan fingerprint density at radius 3 is 2.69 bits per heavy atom. The molecule has 0 saturated carbocycles. The van der Waals surface area contributed by atoms with Gasteiger partial charge in [0.1, 0.15) is 12.2 Å². The minimum Gasteiger partial charge on any atom is -0.390 e. The van der Waals surface area contributed by atoms with Crippen LogP contribution in [0.4, 0.5) is 0 Å². The zero-order valence-electron chi connectivity index (χ0n) is 8.40. The Balaban J connectivity index is 2.55. The van der Waals surface area contributed by atoms with Gasteiger partial charge >= 0.3 is 0 Å². The van der Waals surface area contributed by atoms with Crippen LogP contribution in [-0.4, -0.2) is 50.9 Å². The minimum atomic E-state index is -0.459. The summed E-state index contributed by atoms with van der Waals surface area (Å²) in [7, 11) is 3.19. The SMILES string of the molecule is COC[C@H]1OC[C@@H](C)[C@H](O)[C@H]1OC.